The zero-order valence-electron chi connectivity index (χ0n) is 9.64. The number of nitrogens with one attached hydrogen (secondary N) is 1. The Bertz CT molecular complexity index is 447. The first-order valence-corrected chi connectivity index (χ1v) is 5.40. The number of hydrogen-bond acceptors (Lipinski definition) is 3. The van der Waals surface area contributed by atoms with Crippen LogP contribution in [0.15, 0.2) is 30.6 Å². The molecule has 0 aliphatic rings. The molecule has 0 amide bonds. The summed E-state index contributed by atoms with van der Waals surface area (Å²) >= 11 is 0. The maximum Gasteiger partial charge on any atom is 0.0824 e. The van der Waals surface area contributed by atoms with Gasteiger partial charge in [0, 0.05) is 38.1 Å². The largest absolute Gasteiger partial charge is 0.382 e. The molecule has 2 aromatic rings. The molecule has 0 spiro atoms. The molecule has 0 aliphatic heterocycles. The number of aromatic nitrogens is 3. The summed E-state index contributed by atoms with van der Waals surface area (Å²) in [4.78, 5) is 4.28. The molecule has 0 radical (unpaired) electrons. The molecule has 0 saturated carbocycles. The standard InChI is InChI=1S/C12H16N4/c1-10-12(9-16(2)15-10)14-8-6-11-5-3-4-7-13-11/h3-5,7,9,14H,6,8H2,1-2H3. The molecule has 2 heterocycles. The molecule has 0 saturated heterocycles. The van der Waals surface area contributed by atoms with Crippen molar-refractivity contribution in [3.63, 3.8) is 0 Å². The minimum absolute atomic E-state index is 0.879. The van der Waals surface area contributed by atoms with Crippen LogP contribution in [0.1, 0.15) is 11.4 Å². The van der Waals surface area contributed by atoms with Crippen molar-refractivity contribution in [3.8, 4) is 0 Å². The smallest absolute Gasteiger partial charge is 0.0824 e. The maximum absolute atomic E-state index is 4.28. The Labute approximate surface area is 95.3 Å². The molecule has 0 aromatic carbocycles. The highest BCUT2D eigenvalue weighted by molar-refractivity contribution is 5.45. The molecule has 84 valence electrons. The van der Waals surface area contributed by atoms with E-state index in [1.165, 1.54) is 0 Å². The second kappa shape index (κ2) is 4.79. The van der Waals surface area contributed by atoms with Gasteiger partial charge in [-0.15, -0.1) is 0 Å². The number of nitrogens with zero attached hydrogens (tertiary/aromatic N) is 3. The van der Waals surface area contributed by atoms with Crippen molar-refractivity contribution in [2.75, 3.05) is 11.9 Å². The van der Waals surface area contributed by atoms with E-state index in [0.29, 0.717) is 0 Å². The number of anilines is 1. The van der Waals surface area contributed by atoms with E-state index in [-0.39, 0.29) is 0 Å². The van der Waals surface area contributed by atoms with Crippen molar-refractivity contribution in [2.45, 2.75) is 13.3 Å². The third-order valence-corrected chi connectivity index (χ3v) is 2.44. The van der Waals surface area contributed by atoms with Crippen molar-refractivity contribution in [1.82, 2.24) is 14.8 Å². The summed E-state index contributed by atoms with van der Waals surface area (Å²) in [6.45, 7) is 2.88. The zero-order valence-corrected chi connectivity index (χ0v) is 9.64. The minimum atomic E-state index is 0.879. The highest BCUT2D eigenvalue weighted by atomic mass is 15.3. The molecular formula is C12H16N4. The molecular weight excluding hydrogens is 200 g/mol. The molecule has 1 N–H and O–H groups in total. The van der Waals surface area contributed by atoms with Gasteiger partial charge in [0.1, 0.15) is 0 Å². The maximum atomic E-state index is 4.28. The van der Waals surface area contributed by atoms with E-state index in [2.05, 4.69) is 15.4 Å². The van der Waals surface area contributed by atoms with Gasteiger partial charge in [-0.05, 0) is 19.1 Å². The van der Waals surface area contributed by atoms with Crippen LogP contribution < -0.4 is 5.32 Å². The Morgan fingerprint density at radius 2 is 2.25 bits per heavy atom. The first-order chi connectivity index (χ1) is 7.75. The van der Waals surface area contributed by atoms with Gasteiger partial charge in [-0.1, -0.05) is 6.07 Å². The SMILES string of the molecule is Cc1nn(C)cc1NCCc1ccccn1. The predicted molar refractivity (Wildman–Crippen MR) is 64.4 cm³/mol. The first-order valence-electron chi connectivity index (χ1n) is 5.40. The Hall–Kier alpha value is -1.84. The first kappa shape index (κ1) is 10.7. The van der Waals surface area contributed by atoms with Gasteiger partial charge < -0.3 is 5.32 Å². The van der Waals surface area contributed by atoms with Crippen LogP contribution in [-0.4, -0.2) is 21.3 Å². The van der Waals surface area contributed by atoms with Crippen LogP contribution in [0.5, 0.6) is 0 Å². The molecule has 0 atom stereocenters. The van der Waals surface area contributed by atoms with Gasteiger partial charge in [-0.25, -0.2) is 0 Å². The van der Waals surface area contributed by atoms with Crippen molar-refractivity contribution in [1.29, 1.82) is 0 Å². The molecule has 4 heteroatoms. The number of aryl methyl sites for hydroxylation is 2. The highest BCUT2D eigenvalue weighted by Gasteiger charge is 2.01. The van der Waals surface area contributed by atoms with Crippen molar-refractivity contribution < 1.29 is 0 Å². The summed E-state index contributed by atoms with van der Waals surface area (Å²) < 4.78 is 1.82. The average molecular weight is 216 g/mol. The van der Waals surface area contributed by atoms with Crippen molar-refractivity contribution in [3.05, 3.63) is 42.0 Å². The third-order valence-electron chi connectivity index (χ3n) is 2.44. The fourth-order valence-corrected chi connectivity index (χ4v) is 1.64. The lowest BCUT2D eigenvalue weighted by atomic mass is 10.2. The normalized spacial score (nSPS) is 10.4. The lowest BCUT2D eigenvalue weighted by molar-refractivity contribution is 0.756. The van der Waals surface area contributed by atoms with Crippen molar-refractivity contribution in [2.24, 2.45) is 7.05 Å². The van der Waals surface area contributed by atoms with Crippen LogP contribution in [0.2, 0.25) is 0 Å². The molecule has 4 nitrogen and oxygen atoms in total. The summed E-state index contributed by atoms with van der Waals surface area (Å²) in [5.41, 5.74) is 3.23. The second-order valence-electron chi connectivity index (χ2n) is 3.80. The second-order valence-corrected chi connectivity index (χ2v) is 3.80. The van der Waals surface area contributed by atoms with E-state index in [9.17, 15) is 0 Å². The minimum Gasteiger partial charge on any atom is -0.382 e. The Morgan fingerprint density at radius 1 is 1.38 bits per heavy atom. The zero-order chi connectivity index (χ0) is 11.4. The Morgan fingerprint density at radius 3 is 2.88 bits per heavy atom. The number of pyridine rings is 1. The van der Waals surface area contributed by atoms with Gasteiger partial charge in [-0.3, -0.25) is 9.67 Å². The summed E-state index contributed by atoms with van der Waals surface area (Å²) in [6, 6.07) is 5.98. The fraction of sp³-hybridized carbons (Fsp3) is 0.333. The third kappa shape index (κ3) is 2.59. The van der Waals surface area contributed by atoms with E-state index < -0.39 is 0 Å². The average Bonchev–Trinajstić information content (AvgIpc) is 2.59. The van der Waals surface area contributed by atoms with Gasteiger partial charge in [0.2, 0.25) is 0 Å². The van der Waals surface area contributed by atoms with Gasteiger partial charge in [-0.2, -0.15) is 5.10 Å². The fourth-order valence-electron chi connectivity index (χ4n) is 1.64. The number of hydrogen-bond donors (Lipinski definition) is 1. The quantitative estimate of drug-likeness (QED) is 0.847. The van der Waals surface area contributed by atoms with Crippen LogP contribution in [-0.2, 0) is 13.5 Å². The van der Waals surface area contributed by atoms with Crippen molar-refractivity contribution >= 4 is 5.69 Å². The van der Waals surface area contributed by atoms with E-state index in [4.69, 9.17) is 0 Å². The Balaban J connectivity index is 1.87. The molecule has 0 fully saturated rings. The van der Waals surface area contributed by atoms with Crippen LogP contribution in [0, 0.1) is 6.92 Å². The molecule has 0 unspecified atom stereocenters. The van der Waals surface area contributed by atoms with E-state index in [0.717, 1.165) is 30.0 Å². The Kier molecular flexibility index (Phi) is 3.19. The molecule has 0 aliphatic carbocycles. The summed E-state index contributed by atoms with van der Waals surface area (Å²) in [6.07, 6.45) is 4.74. The summed E-state index contributed by atoms with van der Waals surface area (Å²) in [5.74, 6) is 0. The van der Waals surface area contributed by atoms with Gasteiger partial charge in [0.15, 0.2) is 0 Å². The molecule has 0 bridgehead atoms. The van der Waals surface area contributed by atoms with Crippen LogP contribution in [0.25, 0.3) is 0 Å². The van der Waals surface area contributed by atoms with Gasteiger partial charge >= 0.3 is 0 Å². The lowest BCUT2D eigenvalue weighted by Gasteiger charge is -2.03. The van der Waals surface area contributed by atoms with Gasteiger partial charge in [0.05, 0.1) is 11.4 Å². The molecule has 16 heavy (non-hydrogen) atoms. The van der Waals surface area contributed by atoms with Crippen LogP contribution in [0.4, 0.5) is 5.69 Å². The van der Waals surface area contributed by atoms with E-state index >= 15 is 0 Å². The lowest BCUT2D eigenvalue weighted by Crippen LogP contribution is -2.06. The van der Waals surface area contributed by atoms with E-state index in [1.54, 1.807) is 0 Å². The highest BCUT2D eigenvalue weighted by Crippen LogP contribution is 2.10. The van der Waals surface area contributed by atoms with Crippen LogP contribution >= 0.6 is 0 Å². The topological polar surface area (TPSA) is 42.7 Å². The van der Waals surface area contributed by atoms with E-state index in [1.807, 2.05) is 49.2 Å². The predicted octanol–water partition coefficient (Wildman–Crippen LogP) is 1.78. The summed E-state index contributed by atoms with van der Waals surface area (Å²) in [5, 5.41) is 7.63. The molecule has 2 aromatic heterocycles. The van der Waals surface area contributed by atoms with Crippen LogP contribution in [0.3, 0.4) is 0 Å². The monoisotopic (exact) mass is 216 g/mol. The number of rotatable bonds is 4. The summed E-state index contributed by atoms with van der Waals surface area (Å²) in [7, 11) is 1.93. The molecule has 2 rings (SSSR count). The van der Waals surface area contributed by atoms with Gasteiger partial charge in [0.25, 0.3) is 0 Å².